The molecule has 0 amide bonds. The lowest BCUT2D eigenvalue weighted by atomic mass is 10.3. The van der Waals surface area contributed by atoms with E-state index in [4.69, 9.17) is 62.3 Å². The fraction of sp³-hybridized carbons (Fsp3) is 1.00. The predicted octanol–water partition coefficient (Wildman–Crippen LogP) is 0.714. The molecule has 0 fully saturated rings. The van der Waals surface area contributed by atoms with Crippen LogP contribution in [0.15, 0.2) is 0 Å². The van der Waals surface area contributed by atoms with Crippen molar-refractivity contribution in [2.75, 3.05) is 159 Å². The van der Waals surface area contributed by atoms with Gasteiger partial charge in [0.15, 0.2) is 0 Å². The second-order valence-corrected chi connectivity index (χ2v) is 8.60. The molecule has 0 radical (unpaired) electrons. The molecule has 0 aromatic carbocycles. The molecule has 0 unspecified atom stereocenters. The first-order chi connectivity index (χ1) is 20.4. The summed E-state index contributed by atoms with van der Waals surface area (Å²) in [7, 11) is 0. The Balaban J connectivity index is 3.02. The Hall–Kier alpha value is -0.520. The molecule has 0 saturated carbocycles. The minimum Gasteiger partial charge on any atom is -0.394 e. The van der Waals surface area contributed by atoms with Crippen molar-refractivity contribution in [3.63, 3.8) is 0 Å². The number of unbranched alkanes of at least 4 members (excludes halogenated alkanes) is 2. The van der Waals surface area contributed by atoms with Gasteiger partial charge in [-0.05, 0) is 25.7 Å². The average molecular weight is 603 g/mol. The Morgan fingerprint density at radius 1 is 0.195 bits per heavy atom. The molecule has 0 bridgehead atoms. The molecule has 41 heavy (non-hydrogen) atoms. The number of ether oxygens (including phenoxy) is 11. The summed E-state index contributed by atoms with van der Waals surface area (Å²) in [5.41, 5.74) is 0. The van der Waals surface area contributed by atoms with Crippen LogP contribution in [0, 0.1) is 0 Å². The van der Waals surface area contributed by atoms with E-state index in [1.807, 2.05) is 0 Å². The van der Waals surface area contributed by atoms with Crippen molar-refractivity contribution in [2.45, 2.75) is 25.7 Å². The Morgan fingerprint density at radius 2 is 0.341 bits per heavy atom. The number of aliphatic hydroxyl groups excluding tert-OH is 2. The van der Waals surface area contributed by atoms with Gasteiger partial charge in [0, 0.05) is 26.4 Å². The van der Waals surface area contributed by atoms with Gasteiger partial charge >= 0.3 is 0 Å². The van der Waals surface area contributed by atoms with Crippen molar-refractivity contribution in [1.82, 2.24) is 0 Å². The summed E-state index contributed by atoms with van der Waals surface area (Å²) in [4.78, 5) is 0. The first kappa shape index (κ1) is 40.5. The van der Waals surface area contributed by atoms with Crippen molar-refractivity contribution in [2.24, 2.45) is 0 Å². The molecule has 0 rings (SSSR count). The molecular weight excluding hydrogens is 544 g/mol. The monoisotopic (exact) mass is 602 g/mol. The van der Waals surface area contributed by atoms with Gasteiger partial charge in [0.2, 0.25) is 0 Å². The van der Waals surface area contributed by atoms with Crippen LogP contribution in [0.4, 0.5) is 0 Å². The minimum absolute atomic E-state index is 0.0309. The van der Waals surface area contributed by atoms with Gasteiger partial charge in [-0.15, -0.1) is 0 Å². The largest absolute Gasteiger partial charge is 0.394 e. The van der Waals surface area contributed by atoms with E-state index in [9.17, 15) is 0 Å². The summed E-state index contributed by atoms with van der Waals surface area (Å²) in [5, 5.41) is 17.1. The van der Waals surface area contributed by atoms with Crippen LogP contribution in [-0.2, 0) is 52.1 Å². The van der Waals surface area contributed by atoms with E-state index in [0.29, 0.717) is 132 Å². The van der Waals surface area contributed by atoms with E-state index < -0.39 is 0 Å². The number of hydrogen-bond donors (Lipinski definition) is 2. The highest BCUT2D eigenvalue weighted by atomic mass is 16.6. The zero-order valence-corrected chi connectivity index (χ0v) is 25.2. The minimum atomic E-state index is 0.0309. The quantitative estimate of drug-likeness (QED) is 0.0959. The molecule has 0 atom stereocenters. The summed E-state index contributed by atoms with van der Waals surface area (Å²) >= 11 is 0. The summed E-state index contributed by atoms with van der Waals surface area (Å²) in [6.07, 6.45) is 3.90. The number of aliphatic hydroxyl groups is 2. The normalized spacial score (nSPS) is 11.6. The van der Waals surface area contributed by atoms with Crippen LogP contribution >= 0.6 is 0 Å². The molecule has 0 aliphatic heterocycles. The van der Waals surface area contributed by atoms with E-state index in [0.717, 1.165) is 38.9 Å². The molecule has 0 aliphatic carbocycles. The molecule has 2 N–H and O–H groups in total. The fourth-order valence-electron chi connectivity index (χ4n) is 3.01. The van der Waals surface area contributed by atoms with Gasteiger partial charge in [-0.3, -0.25) is 0 Å². The highest BCUT2D eigenvalue weighted by Gasteiger charge is 1.96. The summed E-state index contributed by atoms with van der Waals surface area (Å²) in [6.45, 7) is 12.1. The van der Waals surface area contributed by atoms with Gasteiger partial charge in [0.1, 0.15) is 0 Å². The lowest BCUT2D eigenvalue weighted by molar-refractivity contribution is -0.0139. The Bertz CT molecular complexity index is 411. The third-order valence-corrected chi connectivity index (χ3v) is 5.10. The Morgan fingerprint density at radius 3 is 0.537 bits per heavy atom. The smallest absolute Gasteiger partial charge is 0.0701 e. The zero-order chi connectivity index (χ0) is 29.6. The molecule has 0 aromatic heterocycles. The maximum atomic E-state index is 8.57. The summed E-state index contributed by atoms with van der Waals surface area (Å²) in [5.74, 6) is 0. The van der Waals surface area contributed by atoms with Crippen molar-refractivity contribution in [3.05, 3.63) is 0 Å². The lowest BCUT2D eigenvalue weighted by Gasteiger charge is -2.08. The average Bonchev–Trinajstić information content (AvgIpc) is 2.98. The van der Waals surface area contributed by atoms with E-state index in [1.54, 1.807) is 0 Å². The molecule has 248 valence electrons. The molecule has 0 spiro atoms. The second kappa shape index (κ2) is 39.5. The van der Waals surface area contributed by atoms with E-state index >= 15 is 0 Å². The maximum absolute atomic E-state index is 8.57. The molecule has 13 heteroatoms. The van der Waals surface area contributed by atoms with Gasteiger partial charge < -0.3 is 62.3 Å². The SMILES string of the molecule is OCCOCCOCCOCCOCCOCCCCOCCCCOCCOCCOCCOCCOCCO. The van der Waals surface area contributed by atoms with Crippen LogP contribution < -0.4 is 0 Å². The third kappa shape index (κ3) is 39.5. The van der Waals surface area contributed by atoms with Gasteiger partial charge in [-0.1, -0.05) is 0 Å². The van der Waals surface area contributed by atoms with Crippen LogP contribution in [0.25, 0.3) is 0 Å². The van der Waals surface area contributed by atoms with Crippen LogP contribution in [0.1, 0.15) is 25.7 Å². The summed E-state index contributed by atoms with van der Waals surface area (Å²) in [6, 6.07) is 0. The number of hydrogen-bond acceptors (Lipinski definition) is 13. The molecule has 0 saturated heterocycles. The Kier molecular flexibility index (Phi) is 39.0. The highest BCUT2D eigenvalue weighted by Crippen LogP contribution is 1.96. The molecular formula is C28H58O13. The van der Waals surface area contributed by atoms with Crippen LogP contribution in [0.5, 0.6) is 0 Å². The van der Waals surface area contributed by atoms with Crippen molar-refractivity contribution in [1.29, 1.82) is 0 Å². The molecule has 0 heterocycles. The first-order valence-corrected chi connectivity index (χ1v) is 15.0. The van der Waals surface area contributed by atoms with Crippen LogP contribution in [0.2, 0.25) is 0 Å². The summed E-state index contributed by atoms with van der Waals surface area (Å²) < 4.78 is 59.4. The van der Waals surface area contributed by atoms with Crippen LogP contribution in [-0.4, -0.2) is 169 Å². The van der Waals surface area contributed by atoms with Crippen molar-refractivity contribution < 1.29 is 62.3 Å². The lowest BCUT2D eigenvalue weighted by Crippen LogP contribution is -2.13. The van der Waals surface area contributed by atoms with Crippen molar-refractivity contribution >= 4 is 0 Å². The predicted molar refractivity (Wildman–Crippen MR) is 152 cm³/mol. The van der Waals surface area contributed by atoms with Gasteiger partial charge in [-0.2, -0.15) is 0 Å². The second-order valence-electron chi connectivity index (χ2n) is 8.60. The standard InChI is InChI=1S/C28H58O13/c29-5-11-34-15-19-38-23-27-40-25-21-36-17-13-32-9-3-1-7-31-8-2-4-10-33-14-18-37-22-26-41-28-24-39-20-16-35-12-6-30/h29-30H,1-28H2. The van der Waals surface area contributed by atoms with E-state index in [2.05, 4.69) is 0 Å². The zero-order valence-electron chi connectivity index (χ0n) is 25.2. The topological polar surface area (TPSA) is 142 Å². The van der Waals surface area contributed by atoms with Gasteiger partial charge in [-0.25, -0.2) is 0 Å². The number of rotatable bonds is 38. The van der Waals surface area contributed by atoms with Crippen molar-refractivity contribution in [3.8, 4) is 0 Å². The van der Waals surface area contributed by atoms with Crippen LogP contribution in [0.3, 0.4) is 0 Å². The maximum Gasteiger partial charge on any atom is 0.0701 e. The van der Waals surface area contributed by atoms with E-state index in [1.165, 1.54) is 0 Å². The Labute approximate surface area is 246 Å². The van der Waals surface area contributed by atoms with Gasteiger partial charge in [0.05, 0.1) is 132 Å². The van der Waals surface area contributed by atoms with E-state index in [-0.39, 0.29) is 13.2 Å². The molecule has 0 aromatic rings. The molecule has 0 aliphatic rings. The first-order valence-electron chi connectivity index (χ1n) is 15.0. The highest BCUT2D eigenvalue weighted by molar-refractivity contribution is 4.43. The van der Waals surface area contributed by atoms with Gasteiger partial charge in [0.25, 0.3) is 0 Å². The third-order valence-electron chi connectivity index (χ3n) is 5.10. The fourth-order valence-corrected chi connectivity index (χ4v) is 3.01. The molecule has 13 nitrogen and oxygen atoms in total.